The lowest BCUT2D eigenvalue weighted by Crippen LogP contribution is -2.38. The fraction of sp³-hybridized carbons (Fsp3) is 0.148. The van der Waals surface area contributed by atoms with E-state index in [1.54, 1.807) is 13.1 Å². The third-order valence-electron chi connectivity index (χ3n) is 6.20. The zero-order chi connectivity index (χ0) is 31.4. The lowest BCUT2D eigenvalue weighted by molar-refractivity contribution is -0.120. The molecule has 0 aliphatic heterocycles. The predicted molar refractivity (Wildman–Crippen MR) is 155 cm³/mol. The van der Waals surface area contributed by atoms with Gasteiger partial charge in [0.15, 0.2) is 5.58 Å². The lowest BCUT2D eigenvalue weighted by atomic mass is 10.0. The third-order valence-corrected chi connectivity index (χ3v) is 6.20. The van der Waals surface area contributed by atoms with Crippen molar-refractivity contribution >= 4 is 53.0 Å². The first-order valence-corrected chi connectivity index (χ1v) is 12.3. The number of aromatic hydroxyl groups is 1. The quantitative estimate of drug-likeness (QED) is 0.158. The number of imidazole rings is 1. The second-order valence-corrected chi connectivity index (χ2v) is 8.96. The number of hydrogen-bond acceptors (Lipinski definition) is 11. The maximum absolute atomic E-state index is 12.6. The molecule has 7 N–H and O–H groups in total. The second-order valence-electron chi connectivity index (χ2n) is 8.96. The highest BCUT2D eigenvalue weighted by Crippen LogP contribution is 2.18. The molecule has 0 fully saturated rings. The number of rotatable bonds is 7. The summed E-state index contributed by atoms with van der Waals surface area (Å²) in [7, 11) is 2.89. The Labute approximate surface area is 253 Å². The van der Waals surface area contributed by atoms with Crippen molar-refractivity contribution in [3.63, 3.8) is 0 Å². The molecule has 5 aromatic rings. The van der Waals surface area contributed by atoms with E-state index in [9.17, 15) is 34.2 Å². The van der Waals surface area contributed by atoms with Gasteiger partial charge in [0.2, 0.25) is 17.6 Å². The van der Waals surface area contributed by atoms with Crippen molar-refractivity contribution in [1.29, 1.82) is 0 Å². The minimum atomic E-state index is -1.39. The smallest absolute Gasteiger partial charge is 0.419 e. The zero-order valence-corrected chi connectivity index (χ0v) is 23.9. The Morgan fingerprint density at radius 3 is 2.36 bits per heavy atom. The molecule has 0 aliphatic carbocycles. The molecule has 0 radical (unpaired) electrons. The van der Waals surface area contributed by atoms with Crippen molar-refractivity contribution in [1.82, 2.24) is 24.3 Å². The number of ether oxygens (including phenoxy) is 1. The van der Waals surface area contributed by atoms with Gasteiger partial charge >= 0.3 is 17.7 Å². The van der Waals surface area contributed by atoms with E-state index in [1.807, 2.05) is 12.1 Å². The highest BCUT2D eigenvalue weighted by atomic mass is 35.5. The number of carbonyl (C=O) groups excluding carboxylic acids is 3. The van der Waals surface area contributed by atoms with Crippen LogP contribution in [0.15, 0.2) is 63.9 Å². The Balaban J connectivity index is 0.000000315. The molecule has 17 heteroatoms. The van der Waals surface area contributed by atoms with Crippen molar-refractivity contribution in [2.45, 2.75) is 12.6 Å². The fourth-order valence-electron chi connectivity index (χ4n) is 3.99. The lowest BCUT2D eigenvalue weighted by Gasteiger charge is -2.16. The van der Waals surface area contributed by atoms with Gasteiger partial charge in [0.25, 0.3) is 5.91 Å². The molecule has 2 aromatic carbocycles. The summed E-state index contributed by atoms with van der Waals surface area (Å²) in [6.07, 6.45) is 1.03. The van der Waals surface area contributed by atoms with Gasteiger partial charge < -0.3 is 36.2 Å². The van der Waals surface area contributed by atoms with Gasteiger partial charge in [-0.1, -0.05) is 18.2 Å². The highest BCUT2D eigenvalue weighted by molar-refractivity contribution is 5.98. The standard InChI is InChI=1S/C18H15N5O7.C9H10N2O2.ClH/c1-30-17(29)9-4-2-8(3-5-9)13(14(19)25)22-15(26)10-6-11(16(27)28)23-7-12(24)21-18(23)20-10;1-11-7-4-6(5-10)2-3-8(7)13-9(11)12;/h2-7,13,24H,1H3,(H2,19,25)(H,22,26)(H,27,28);2-4H,5,10H2,1H3;1H/t13-;;/m1../s1. The molecule has 0 spiro atoms. The van der Waals surface area contributed by atoms with Gasteiger partial charge in [-0.25, -0.2) is 19.4 Å². The molecular weight excluding hydrogens is 602 g/mol. The number of primary amides is 1. The summed E-state index contributed by atoms with van der Waals surface area (Å²) in [5.74, 6) is -4.82. The first kappa shape index (κ1) is 32.8. The second kappa shape index (κ2) is 13.5. The van der Waals surface area contributed by atoms with Crippen LogP contribution in [0.1, 0.15) is 48.5 Å². The van der Waals surface area contributed by atoms with Gasteiger partial charge in [-0.05, 0) is 35.4 Å². The van der Waals surface area contributed by atoms with Gasteiger partial charge in [-0.2, -0.15) is 4.98 Å². The van der Waals surface area contributed by atoms with E-state index in [1.165, 1.54) is 35.9 Å². The number of methoxy groups -OCH3 is 1. The van der Waals surface area contributed by atoms with Gasteiger partial charge in [0.05, 0.1) is 24.4 Å². The summed E-state index contributed by atoms with van der Waals surface area (Å²) >= 11 is 0. The Bertz CT molecular complexity index is 1930. The van der Waals surface area contributed by atoms with Crippen LogP contribution in [-0.4, -0.2) is 60.0 Å². The van der Waals surface area contributed by atoms with Crippen molar-refractivity contribution in [2.24, 2.45) is 18.5 Å². The van der Waals surface area contributed by atoms with Crippen molar-refractivity contribution in [3.05, 3.63) is 93.4 Å². The molecule has 1 atom stereocenters. The van der Waals surface area contributed by atoms with Crippen LogP contribution < -0.4 is 22.5 Å². The summed E-state index contributed by atoms with van der Waals surface area (Å²) in [5, 5.41) is 21.2. The van der Waals surface area contributed by atoms with E-state index in [0.29, 0.717) is 12.1 Å². The molecule has 3 heterocycles. The number of aromatic nitrogens is 4. The van der Waals surface area contributed by atoms with Gasteiger partial charge in [-0.3, -0.25) is 18.6 Å². The number of fused-ring (bicyclic) bond motifs is 2. The largest absolute Gasteiger partial charge is 0.492 e. The van der Waals surface area contributed by atoms with E-state index in [-0.39, 0.29) is 46.5 Å². The molecule has 0 saturated carbocycles. The third kappa shape index (κ3) is 6.83. The van der Waals surface area contributed by atoms with Crippen LogP contribution in [0.4, 0.5) is 0 Å². The van der Waals surface area contributed by atoms with Crippen molar-refractivity contribution in [2.75, 3.05) is 7.11 Å². The number of carboxylic acids is 1. The van der Waals surface area contributed by atoms with E-state index >= 15 is 0 Å². The number of aryl methyl sites for hydroxylation is 1. The van der Waals surface area contributed by atoms with Crippen LogP contribution in [0.3, 0.4) is 0 Å². The number of amides is 2. The number of esters is 1. The SMILES string of the molecule is COC(=O)c1ccc([C@@H](NC(=O)c2cc(C(=O)O)n3cc(O)nc3n2)C(N)=O)cc1.Cl.Cn1c(=O)oc2ccc(CN)cc21. The molecule has 5 rings (SSSR count). The van der Waals surface area contributed by atoms with Crippen molar-refractivity contribution < 1.29 is 38.5 Å². The highest BCUT2D eigenvalue weighted by Gasteiger charge is 2.24. The number of carbonyl (C=O) groups is 4. The molecule has 0 aliphatic rings. The Kier molecular flexibility index (Phi) is 10.0. The number of nitrogens with two attached hydrogens (primary N) is 2. The fourth-order valence-corrected chi connectivity index (χ4v) is 3.99. The zero-order valence-electron chi connectivity index (χ0n) is 23.1. The number of halogens is 1. The maximum Gasteiger partial charge on any atom is 0.419 e. The van der Waals surface area contributed by atoms with Crippen LogP contribution in [0, 0.1) is 0 Å². The molecule has 16 nitrogen and oxygen atoms in total. The van der Waals surface area contributed by atoms with E-state index < -0.39 is 35.7 Å². The number of hydrogen-bond donors (Lipinski definition) is 5. The van der Waals surface area contributed by atoms with Gasteiger partial charge in [-0.15, -0.1) is 12.4 Å². The van der Waals surface area contributed by atoms with E-state index in [0.717, 1.165) is 27.7 Å². The van der Waals surface area contributed by atoms with Gasteiger partial charge in [0.1, 0.15) is 17.4 Å². The van der Waals surface area contributed by atoms with E-state index in [4.69, 9.17) is 15.9 Å². The van der Waals surface area contributed by atoms with Crippen molar-refractivity contribution in [3.8, 4) is 5.88 Å². The topological polar surface area (TPSA) is 247 Å². The molecular formula is C27H26ClN7O9. The summed E-state index contributed by atoms with van der Waals surface area (Å²) in [4.78, 5) is 66.1. The normalized spacial score (nSPS) is 11.2. The number of carboxylic acid groups (broad SMARTS) is 1. The Morgan fingerprint density at radius 2 is 1.77 bits per heavy atom. The first-order chi connectivity index (χ1) is 20.4. The molecule has 2 amide bonds. The van der Waals surface area contributed by atoms with Crippen LogP contribution >= 0.6 is 12.4 Å². The average molecular weight is 628 g/mol. The van der Waals surface area contributed by atoms with Crippen LogP contribution in [0.25, 0.3) is 16.9 Å². The number of benzene rings is 2. The van der Waals surface area contributed by atoms with Gasteiger partial charge in [0, 0.05) is 19.7 Å². The molecule has 3 aromatic heterocycles. The Morgan fingerprint density at radius 1 is 1.09 bits per heavy atom. The summed E-state index contributed by atoms with van der Waals surface area (Å²) < 4.78 is 12.0. The molecule has 0 bridgehead atoms. The van der Waals surface area contributed by atoms with E-state index in [2.05, 4.69) is 20.0 Å². The minimum Gasteiger partial charge on any atom is -0.492 e. The maximum atomic E-state index is 12.6. The number of nitrogens with zero attached hydrogens (tertiary/aromatic N) is 4. The van der Waals surface area contributed by atoms with Crippen LogP contribution in [-0.2, 0) is 23.1 Å². The molecule has 0 unspecified atom stereocenters. The molecule has 44 heavy (non-hydrogen) atoms. The monoisotopic (exact) mass is 627 g/mol. The average Bonchev–Trinajstić information content (AvgIpc) is 3.51. The van der Waals surface area contributed by atoms with Crippen LogP contribution in [0.5, 0.6) is 5.88 Å². The number of aromatic carboxylic acids is 1. The summed E-state index contributed by atoms with van der Waals surface area (Å²) in [6, 6.07) is 10.8. The predicted octanol–water partition coefficient (Wildman–Crippen LogP) is 0.888. The number of nitrogens with one attached hydrogen (secondary N) is 1. The van der Waals surface area contributed by atoms with Crippen LogP contribution in [0.2, 0.25) is 0 Å². The summed E-state index contributed by atoms with van der Waals surface area (Å²) in [5.41, 5.74) is 13.0. The summed E-state index contributed by atoms with van der Waals surface area (Å²) in [6.45, 7) is 0.468. The molecule has 0 saturated heterocycles. The molecule has 230 valence electrons. The Hall–Kier alpha value is -5.74. The minimum absolute atomic E-state index is 0. The first-order valence-electron chi connectivity index (χ1n) is 12.3. The number of oxazole rings is 1.